The Bertz CT molecular complexity index is 485. The van der Waals surface area contributed by atoms with Gasteiger partial charge < -0.3 is 14.6 Å². The molecule has 0 spiro atoms. The minimum absolute atomic E-state index is 0.0716. The third kappa shape index (κ3) is 4.31. The molecule has 0 aliphatic carbocycles. The molecule has 2 unspecified atom stereocenters. The Balaban J connectivity index is 3.11. The summed E-state index contributed by atoms with van der Waals surface area (Å²) in [4.78, 5) is 24.4. The highest BCUT2D eigenvalue weighted by molar-refractivity contribution is 5.87. The molecule has 1 aromatic carbocycles. The Morgan fingerprint density at radius 1 is 1.09 bits per heavy atom. The quantitative estimate of drug-likeness (QED) is 0.745. The second-order valence-electron chi connectivity index (χ2n) is 4.99. The number of hydrogen-bond donors (Lipinski definition) is 1. The van der Waals surface area contributed by atoms with Crippen LogP contribution in [0.2, 0.25) is 0 Å². The van der Waals surface area contributed by atoms with Gasteiger partial charge in [0.1, 0.15) is 5.92 Å². The van der Waals surface area contributed by atoms with Crippen molar-refractivity contribution in [2.24, 2.45) is 5.92 Å². The van der Waals surface area contributed by atoms with E-state index >= 15 is 0 Å². The fourth-order valence-corrected chi connectivity index (χ4v) is 2.33. The molecular weight excluding hydrogens is 284 g/mol. The van der Waals surface area contributed by atoms with E-state index in [1.807, 2.05) is 30.3 Å². The van der Waals surface area contributed by atoms with Crippen LogP contribution in [0.25, 0.3) is 0 Å². The molecule has 22 heavy (non-hydrogen) atoms. The summed E-state index contributed by atoms with van der Waals surface area (Å²) in [5.41, 5.74) is -1.05. The first-order valence-electron chi connectivity index (χ1n) is 7.59. The van der Waals surface area contributed by atoms with Gasteiger partial charge >= 0.3 is 11.9 Å². The summed E-state index contributed by atoms with van der Waals surface area (Å²) in [6, 6.07) is 9.22. The number of hydrogen-bond acceptors (Lipinski definition) is 5. The normalized spacial score (nSPS) is 14.7. The zero-order chi connectivity index (χ0) is 16.6. The highest BCUT2D eigenvalue weighted by Gasteiger charge is 2.48. The number of benzene rings is 1. The SMILES string of the molecule is CCOC(=O)C(Cc1ccccc1)C(O)(CC)C(=O)OCC. The van der Waals surface area contributed by atoms with E-state index in [9.17, 15) is 14.7 Å². The smallest absolute Gasteiger partial charge is 0.339 e. The van der Waals surface area contributed by atoms with Crippen LogP contribution in [-0.4, -0.2) is 35.9 Å². The van der Waals surface area contributed by atoms with Crippen LogP contribution in [0.3, 0.4) is 0 Å². The third-order valence-electron chi connectivity index (χ3n) is 3.60. The van der Waals surface area contributed by atoms with Crippen LogP contribution >= 0.6 is 0 Å². The van der Waals surface area contributed by atoms with Crippen molar-refractivity contribution in [3.63, 3.8) is 0 Å². The molecule has 5 heteroatoms. The summed E-state index contributed by atoms with van der Waals surface area (Å²) < 4.78 is 9.99. The number of esters is 2. The van der Waals surface area contributed by atoms with E-state index in [2.05, 4.69) is 0 Å². The first-order chi connectivity index (χ1) is 10.5. The fourth-order valence-electron chi connectivity index (χ4n) is 2.33. The predicted octanol–water partition coefficient (Wildman–Crippen LogP) is 2.11. The highest BCUT2D eigenvalue weighted by atomic mass is 16.6. The molecule has 122 valence electrons. The van der Waals surface area contributed by atoms with Crippen LogP contribution in [-0.2, 0) is 25.5 Å². The van der Waals surface area contributed by atoms with E-state index in [4.69, 9.17) is 9.47 Å². The second-order valence-corrected chi connectivity index (χ2v) is 4.99. The van der Waals surface area contributed by atoms with Gasteiger partial charge in [0.15, 0.2) is 5.60 Å². The topological polar surface area (TPSA) is 72.8 Å². The van der Waals surface area contributed by atoms with E-state index in [1.54, 1.807) is 20.8 Å². The van der Waals surface area contributed by atoms with E-state index < -0.39 is 23.5 Å². The first-order valence-corrected chi connectivity index (χ1v) is 7.59. The Labute approximate surface area is 131 Å². The zero-order valence-electron chi connectivity index (χ0n) is 13.4. The number of rotatable bonds is 8. The van der Waals surface area contributed by atoms with Gasteiger partial charge in [-0.2, -0.15) is 0 Å². The second kappa shape index (κ2) is 8.54. The van der Waals surface area contributed by atoms with Gasteiger partial charge in [0.25, 0.3) is 0 Å². The zero-order valence-corrected chi connectivity index (χ0v) is 13.4. The van der Waals surface area contributed by atoms with Gasteiger partial charge in [-0.15, -0.1) is 0 Å². The van der Waals surface area contributed by atoms with Crippen LogP contribution in [0, 0.1) is 5.92 Å². The molecule has 5 nitrogen and oxygen atoms in total. The van der Waals surface area contributed by atoms with Gasteiger partial charge in [-0.3, -0.25) is 4.79 Å². The molecule has 0 aliphatic rings. The monoisotopic (exact) mass is 308 g/mol. The van der Waals surface area contributed by atoms with E-state index in [-0.39, 0.29) is 26.1 Å². The Kier molecular flexibility index (Phi) is 7.05. The van der Waals surface area contributed by atoms with Crippen molar-refractivity contribution in [1.82, 2.24) is 0 Å². The lowest BCUT2D eigenvalue weighted by Crippen LogP contribution is -2.51. The molecule has 1 N–H and O–H groups in total. The van der Waals surface area contributed by atoms with Crippen LogP contribution in [0.5, 0.6) is 0 Å². The number of ether oxygens (including phenoxy) is 2. The van der Waals surface area contributed by atoms with Gasteiger partial charge in [-0.25, -0.2) is 4.79 Å². The third-order valence-corrected chi connectivity index (χ3v) is 3.60. The summed E-state index contributed by atoms with van der Waals surface area (Å²) in [5, 5.41) is 10.8. The molecule has 2 atom stereocenters. The van der Waals surface area contributed by atoms with Gasteiger partial charge in [0.05, 0.1) is 13.2 Å². The lowest BCUT2D eigenvalue weighted by Gasteiger charge is -2.31. The van der Waals surface area contributed by atoms with Crippen molar-refractivity contribution < 1.29 is 24.2 Å². The Hall–Kier alpha value is -1.88. The largest absolute Gasteiger partial charge is 0.466 e. The van der Waals surface area contributed by atoms with Crippen molar-refractivity contribution in [2.45, 2.75) is 39.2 Å². The molecule has 0 amide bonds. The van der Waals surface area contributed by atoms with Crippen molar-refractivity contribution >= 4 is 11.9 Å². The summed E-state index contributed by atoms with van der Waals surface area (Å²) in [6.07, 6.45) is 0.283. The molecule has 0 saturated carbocycles. The summed E-state index contributed by atoms with van der Waals surface area (Å²) in [6.45, 7) is 5.32. The Morgan fingerprint density at radius 2 is 1.68 bits per heavy atom. The molecule has 0 aromatic heterocycles. The lowest BCUT2D eigenvalue weighted by molar-refractivity contribution is -0.181. The Morgan fingerprint density at radius 3 is 2.18 bits per heavy atom. The number of carbonyl (C=O) groups excluding carboxylic acids is 2. The minimum Gasteiger partial charge on any atom is -0.466 e. The van der Waals surface area contributed by atoms with Crippen molar-refractivity contribution in [1.29, 1.82) is 0 Å². The standard InChI is InChI=1S/C17H24O5/c1-4-17(20,16(19)22-6-3)14(15(18)21-5-2)12-13-10-8-7-9-11-13/h7-11,14,20H,4-6,12H2,1-3H3. The van der Waals surface area contributed by atoms with Gasteiger partial charge in [-0.05, 0) is 32.3 Å². The highest BCUT2D eigenvalue weighted by Crippen LogP contribution is 2.28. The maximum absolute atomic E-state index is 12.3. The van der Waals surface area contributed by atoms with Crippen molar-refractivity contribution in [3.05, 3.63) is 35.9 Å². The van der Waals surface area contributed by atoms with Gasteiger partial charge in [0, 0.05) is 0 Å². The molecule has 0 radical (unpaired) electrons. The van der Waals surface area contributed by atoms with Crippen LogP contribution in [0.1, 0.15) is 32.8 Å². The van der Waals surface area contributed by atoms with Crippen molar-refractivity contribution in [2.75, 3.05) is 13.2 Å². The maximum Gasteiger partial charge on any atom is 0.339 e. The fraction of sp³-hybridized carbons (Fsp3) is 0.529. The van der Waals surface area contributed by atoms with Crippen molar-refractivity contribution in [3.8, 4) is 0 Å². The first kappa shape index (κ1) is 18.2. The molecule has 0 fully saturated rings. The summed E-state index contributed by atoms with van der Waals surface area (Å²) in [5.74, 6) is -2.38. The molecule has 0 bridgehead atoms. The molecule has 1 rings (SSSR count). The molecule has 0 saturated heterocycles. The number of carbonyl (C=O) groups is 2. The van der Waals surface area contributed by atoms with Gasteiger partial charge in [-0.1, -0.05) is 37.3 Å². The summed E-state index contributed by atoms with van der Waals surface area (Å²) >= 11 is 0. The maximum atomic E-state index is 12.3. The van der Waals surface area contributed by atoms with Crippen LogP contribution in [0.4, 0.5) is 0 Å². The summed E-state index contributed by atoms with van der Waals surface area (Å²) in [7, 11) is 0. The van der Waals surface area contributed by atoms with E-state index in [1.165, 1.54) is 0 Å². The molecule has 0 heterocycles. The predicted molar refractivity (Wildman–Crippen MR) is 82.1 cm³/mol. The molecule has 0 aliphatic heterocycles. The molecule has 1 aromatic rings. The minimum atomic E-state index is -1.89. The van der Waals surface area contributed by atoms with Crippen LogP contribution < -0.4 is 0 Å². The number of aliphatic hydroxyl groups is 1. The molecular formula is C17H24O5. The van der Waals surface area contributed by atoms with Gasteiger partial charge in [0.2, 0.25) is 0 Å². The van der Waals surface area contributed by atoms with E-state index in [0.717, 1.165) is 5.56 Å². The lowest BCUT2D eigenvalue weighted by atomic mass is 9.80. The average molecular weight is 308 g/mol. The average Bonchev–Trinajstić information content (AvgIpc) is 2.53. The van der Waals surface area contributed by atoms with E-state index in [0.29, 0.717) is 0 Å². The van der Waals surface area contributed by atoms with Crippen LogP contribution in [0.15, 0.2) is 30.3 Å².